The molecule has 0 unspecified atom stereocenters. The normalized spacial score (nSPS) is 11.3. The van der Waals surface area contributed by atoms with Crippen molar-refractivity contribution < 1.29 is 4.79 Å². The number of nitrogens with one attached hydrogen (secondary N) is 2. The predicted octanol–water partition coefficient (Wildman–Crippen LogP) is 4.33. The van der Waals surface area contributed by atoms with Crippen LogP contribution >= 0.6 is 11.6 Å². The fourth-order valence-electron chi connectivity index (χ4n) is 2.35. The molecule has 0 aliphatic carbocycles. The number of aromatic nitrogens is 2. The summed E-state index contributed by atoms with van der Waals surface area (Å²) in [6, 6.07) is 5.55. The minimum Gasteiger partial charge on any atom is -0.346 e. The predicted molar refractivity (Wildman–Crippen MR) is 98.2 cm³/mol. The van der Waals surface area contributed by atoms with Crippen LogP contribution < -0.4 is 10.6 Å². The molecular weight excluding hydrogens is 324 g/mol. The minimum absolute atomic E-state index is 0.234. The highest BCUT2D eigenvalue weighted by Gasteiger charge is 2.18. The number of amides is 1. The number of carbonyl (C=O) groups excluding carboxylic acids is 1. The van der Waals surface area contributed by atoms with Gasteiger partial charge in [-0.3, -0.25) is 4.79 Å². The first-order valence-electron chi connectivity index (χ1n) is 7.77. The Morgan fingerprint density at radius 3 is 2.33 bits per heavy atom. The van der Waals surface area contributed by atoms with E-state index < -0.39 is 0 Å². The molecule has 1 amide bonds. The fraction of sp³-hybridized carbons (Fsp3) is 0.389. The Morgan fingerprint density at radius 2 is 1.75 bits per heavy atom. The SMILES string of the molecule is Cc1cc(C)c(Nc2cc(C(=O)NC(C)(C)C)nc(C)n2)c(Cl)c1. The molecule has 2 aromatic rings. The highest BCUT2D eigenvalue weighted by atomic mass is 35.5. The second-order valence-electron chi connectivity index (χ2n) is 6.95. The lowest BCUT2D eigenvalue weighted by atomic mass is 10.1. The van der Waals surface area contributed by atoms with Crippen molar-refractivity contribution in [3.63, 3.8) is 0 Å². The molecule has 0 spiro atoms. The zero-order chi connectivity index (χ0) is 18.1. The number of carbonyl (C=O) groups is 1. The quantitative estimate of drug-likeness (QED) is 0.868. The number of anilines is 2. The van der Waals surface area contributed by atoms with E-state index in [2.05, 4.69) is 20.6 Å². The van der Waals surface area contributed by atoms with Crippen molar-refractivity contribution in [2.24, 2.45) is 0 Å². The van der Waals surface area contributed by atoms with Crippen LogP contribution in [0.4, 0.5) is 11.5 Å². The lowest BCUT2D eigenvalue weighted by Crippen LogP contribution is -2.41. The molecule has 1 heterocycles. The molecule has 0 bridgehead atoms. The lowest BCUT2D eigenvalue weighted by molar-refractivity contribution is 0.0914. The van der Waals surface area contributed by atoms with Gasteiger partial charge in [-0.05, 0) is 58.7 Å². The van der Waals surface area contributed by atoms with Crippen LogP contribution in [0.25, 0.3) is 0 Å². The van der Waals surface area contributed by atoms with Crippen LogP contribution in [0, 0.1) is 20.8 Å². The van der Waals surface area contributed by atoms with Gasteiger partial charge in [0.15, 0.2) is 0 Å². The third-order valence-corrected chi connectivity index (χ3v) is 3.54. The van der Waals surface area contributed by atoms with Crippen molar-refractivity contribution in [1.82, 2.24) is 15.3 Å². The van der Waals surface area contributed by atoms with Gasteiger partial charge in [-0.2, -0.15) is 0 Å². The first kappa shape index (κ1) is 18.2. The molecule has 128 valence electrons. The average Bonchev–Trinajstić information content (AvgIpc) is 2.40. The molecular formula is C18H23ClN4O. The van der Waals surface area contributed by atoms with Crippen molar-refractivity contribution >= 4 is 29.0 Å². The summed E-state index contributed by atoms with van der Waals surface area (Å²) >= 11 is 6.33. The standard InChI is InChI=1S/C18H23ClN4O/c1-10-7-11(2)16(13(19)8-10)22-15-9-14(20-12(3)21-15)17(24)23-18(4,5)6/h7-9H,1-6H3,(H,23,24)(H,20,21,22). The van der Waals surface area contributed by atoms with E-state index in [-0.39, 0.29) is 11.4 Å². The largest absolute Gasteiger partial charge is 0.346 e. The van der Waals surface area contributed by atoms with Crippen LogP contribution in [0.1, 0.15) is 48.2 Å². The van der Waals surface area contributed by atoms with Crippen molar-refractivity contribution in [3.8, 4) is 0 Å². The average molecular weight is 347 g/mol. The van der Waals surface area contributed by atoms with Crippen LogP contribution in [0.2, 0.25) is 5.02 Å². The Labute approximate surface area is 147 Å². The number of hydrogen-bond donors (Lipinski definition) is 2. The van der Waals surface area contributed by atoms with E-state index >= 15 is 0 Å². The Balaban J connectivity index is 2.34. The van der Waals surface area contributed by atoms with Crippen molar-refractivity contribution in [2.75, 3.05) is 5.32 Å². The molecule has 0 atom stereocenters. The lowest BCUT2D eigenvalue weighted by Gasteiger charge is -2.20. The summed E-state index contributed by atoms with van der Waals surface area (Å²) < 4.78 is 0. The van der Waals surface area contributed by atoms with Gasteiger partial charge in [-0.15, -0.1) is 0 Å². The minimum atomic E-state index is -0.333. The van der Waals surface area contributed by atoms with E-state index in [4.69, 9.17) is 11.6 Å². The van der Waals surface area contributed by atoms with Gasteiger partial charge in [-0.1, -0.05) is 17.7 Å². The number of rotatable bonds is 3. The molecule has 0 radical (unpaired) electrons. The smallest absolute Gasteiger partial charge is 0.270 e. The zero-order valence-corrected chi connectivity index (χ0v) is 15.7. The molecule has 0 aliphatic heterocycles. The van der Waals surface area contributed by atoms with Gasteiger partial charge in [-0.25, -0.2) is 9.97 Å². The topological polar surface area (TPSA) is 66.9 Å². The summed E-state index contributed by atoms with van der Waals surface area (Å²) in [7, 11) is 0. The van der Waals surface area contributed by atoms with Gasteiger partial charge in [0.1, 0.15) is 17.3 Å². The van der Waals surface area contributed by atoms with E-state index in [9.17, 15) is 4.79 Å². The van der Waals surface area contributed by atoms with E-state index in [1.54, 1.807) is 13.0 Å². The number of halogens is 1. The Hall–Kier alpha value is -2.14. The molecule has 0 saturated heterocycles. The van der Waals surface area contributed by atoms with E-state index in [1.807, 2.05) is 46.8 Å². The Bertz CT molecular complexity index is 758. The summed E-state index contributed by atoms with van der Waals surface area (Å²) in [6.07, 6.45) is 0. The van der Waals surface area contributed by atoms with E-state index in [1.165, 1.54) is 0 Å². The first-order valence-corrected chi connectivity index (χ1v) is 8.15. The van der Waals surface area contributed by atoms with Crippen LogP contribution in [0.15, 0.2) is 18.2 Å². The number of aryl methyl sites for hydroxylation is 3. The highest BCUT2D eigenvalue weighted by Crippen LogP contribution is 2.29. The number of hydrogen-bond acceptors (Lipinski definition) is 4. The van der Waals surface area contributed by atoms with Gasteiger partial charge in [0.05, 0.1) is 10.7 Å². The Kier molecular flexibility index (Phi) is 5.13. The molecule has 2 rings (SSSR count). The van der Waals surface area contributed by atoms with Crippen molar-refractivity contribution in [1.29, 1.82) is 0 Å². The molecule has 0 saturated carbocycles. The molecule has 0 aliphatic rings. The molecule has 2 N–H and O–H groups in total. The number of benzene rings is 1. The summed E-state index contributed by atoms with van der Waals surface area (Å²) in [4.78, 5) is 20.9. The molecule has 6 heteroatoms. The second kappa shape index (κ2) is 6.77. The maximum Gasteiger partial charge on any atom is 0.270 e. The van der Waals surface area contributed by atoms with Crippen LogP contribution in [0.5, 0.6) is 0 Å². The van der Waals surface area contributed by atoms with E-state index in [0.29, 0.717) is 22.4 Å². The van der Waals surface area contributed by atoms with Gasteiger partial charge in [0.25, 0.3) is 5.91 Å². The summed E-state index contributed by atoms with van der Waals surface area (Å²) in [5.74, 6) is 0.818. The van der Waals surface area contributed by atoms with Crippen LogP contribution in [-0.4, -0.2) is 21.4 Å². The van der Waals surface area contributed by atoms with Crippen LogP contribution in [-0.2, 0) is 0 Å². The van der Waals surface area contributed by atoms with Crippen LogP contribution in [0.3, 0.4) is 0 Å². The second-order valence-corrected chi connectivity index (χ2v) is 7.36. The third-order valence-electron chi connectivity index (χ3n) is 3.24. The molecule has 0 fully saturated rings. The summed E-state index contributed by atoms with van der Waals surface area (Å²) in [6.45, 7) is 11.5. The maximum absolute atomic E-state index is 12.3. The zero-order valence-electron chi connectivity index (χ0n) is 14.9. The first-order chi connectivity index (χ1) is 11.0. The highest BCUT2D eigenvalue weighted by molar-refractivity contribution is 6.33. The van der Waals surface area contributed by atoms with Gasteiger partial charge < -0.3 is 10.6 Å². The maximum atomic E-state index is 12.3. The number of nitrogens with zero attached hydrogens (tertiary/aromatic N) is 2. The summed E-state index contributed by atoms with van der Waals surface area (Å²) in [5, 5.41) is 6.72. The molecule has 24 heavy (non-hydrogen) atoms. The van der Waals surface area contributed by atoms with Gasteiger partial charge in [0.2, 0.25) is 0 Å². The van der Waals surface area contributed by atoms with Crippen molar-refractivity contribution in [2.45, 2.75) is 47.1 Å². The fourth-order valence-corrected chi connectivity index (χ4v) is 2.72. The van der Waals surface area contributed by atoms with Gasteiger partial charge in [0, 0.05) is 11.6 Å². The molecule has 1 aromatic carbocycles. The van der Waals surface area contributed by atoms with E-state index in [0.717, 1.165) is 16.8 Å². The van der Waals surface area contributed by atoms with Crippen molar-refractivity contribution in [3.05, 3.63) is 45.9 Å². The Morgan fingerprint density at radius 1 is 1.08 bits per heavy atom. The monoisotopic (exact) mass is 346 g/mol. The molecule has 1 aromatic heterocycles. The van der Waals surface area contributed by atoms with Gasteiger partial charge >= 0.3 is 0 Å². The summed E-state index contributed by atoms with van der Waals surface area (Å²) in [5.41, 5.74) is 2.87. The molecule has 5 nitrogen and oxygen atoms in total. The third kappa shape index (κ3) is 4.68.